The zero-order valence-corrected chi connectivity index (χ0v) is 10.1. The van der Waals surface area contributed by atoms with Crippen LogP contribution in [0.5, 0.6) is 0 Å². The average molecular weight is 264 g/mol. The number of rotatable bonds is 4. The smallest absolute Gasteiger partial charge is 0.417 e. The zero-order valence-electron chi connectivity index (χ0n) is 10.1. The number of amides is 1. The Hall–Kier alpha value is -2.57. The van der Waals surface area contributed by atoms with Gasteiger partial charge in [-0.2, -0.15) is 0 Å². The Morgan fingerprint density at radius 1 is 1.47 bits per heavy atom. The van der Waals surface area contributed by atoms with Gasteiger partial charge >= 0.3 is 11.7 Å². The van der Waals surface area contributed by atoms with Crippen LogP contribution in [0.1, 0.15) is 13.3 Å². The molecule has 1 unspecified atom stereocenters. The molecule has 1 aromatic heterocycles. The van der Waals surface area contributed by atoms with Crippen LogP contribution in [0.15, 0.2) is 27.4 Å². The maximum Gasteiger partial charge on any atom is 0.417 e. The first-order chi connectivity index (χ1) is 9.01. The van der Waals surface area contributed by atoms with Gasteiger partial charge in [0.1, 0.15) is 5.92 Å². The molecule has 0 aliphatic heterocycles. The molecule has 1 heterocycles. The van der Waals surface area contributed by atoms with Crippen LogP contribution in [0.2, 0.25) is 0 Å². The molecule has 7 heteroatoms. The molecule has 100 valence electrons. The van der Waals surface area contributed by atoms with E-state index in [1.54, 1.807) is 19.1 Å². The van der Waals surface area contributed by atoms with Crippen LogP contribution in [0.3, 0.4) is 0 Å². The highest BCUT2D eigenvalue weighted by atomic mass is 16.4. The lowest BCUT2D eigenvalue weighted by molar-refractivity contribution is -0.145. The van der Waals surface area contributed by atoms with E-state index in [1.165, 1.54) is 6.07 Å². The largest absolute Gasteiger partial charge is 0.481 e. The Kier molecular flexibility index (Phi) is 3.37. The van der Waals surface area contributed by atoms with Crippen molar-refractivity contribution in [2.24, 2.45) is 5.92 Å². The monoisotopic (exact) mass is 264 g/mol. The minimum Gasteiger partial charge on any atom is -0.481 e. The number of carbonyl (C=O) groups excluding carboxylic acids is 1. The summed E-state index contributed by atoms with van der Waals surface area (Å²) >= 11 is 0. The average Bonchev–Trinajstić information content (AvgIpc) is 2.68. The number of H-pyrrole nitrogens is 1. The first-order valence-corrected chi connectivity index (χ1v) is 5.67. The lowest BCUT2D eigenvalue weighted by Crippen LogP contribution is -2.28. The Balaban J connectivity index is 2.23. The maximum absolute atomic E-state index is 11.7. The van der Waals surface area contributed by atoms with Gasteiger partial charge in [-0.15, -0.1) is 0 Å². The normalized spacial score (nSPS) is 12.3. The molecule has 1 aromatic carbocycles. The number of fused-ring (bicyclic) bond motifs is 1. The van der Waals surface area contributed by atoms with Crippen molar-refractivity contribution in [3.63, 3.8) is 0 Å². The number of nitrogens with one attached hydrogen (secondary N) is 2. The summed E-state index contributed by atoms with van der Waals surface area (Å²) in [7, 11) is 0. The van der Waals surface area contributed by atoms with Crippen molar-refractivity contribution in [3.8, 4) is 0 Å². The van der Waals surface area contributed by atoms with Gasteiger partial charge in [-0.1, -0.05) is 6.92 Å². The van der Waals surface area contributed by atoms with Crippen molar-refractivity contribution in [3.05, 3.63) is 28.7 Å². The molecule has 2 rings (SSSR count). The number of aromatic nitrogens is 1. The second-order valence-electron chi connectivity index (χ2n) is 4.01. The molecule has 0 saturated heterocycles. The molecule has 1 atom stereocenters. The quantitative estimate of drug-likeness (QED) is 0.717. The van der Waals surface area contributed by atoms with Crippen molar-refractivity contribution in [2.45, 2.75) is 13.3 Å². The molecule has 19 heavy (non-hydrogen) atoms. The number of aromatic amines is 1. The fourth-order valence-corrected chi connectivity index (χ4v) is 1.72. The van der Waals surface area contributed by atoms with E-state index in [4.69, 9.17) is 9.52 Å². The van der Waals surface area contributed by atoms with Crippen LogP contribution in [0.4, 0.5) is 5.69 Å². The SMILES string of the molecule is CCC(C(=O)O)C(=O)Nc1ccc2[nH]c(=O)oc2c1. The molecule has 7 nitrogen and oxygen atoms in total. The lowest BCUT2D eigenvalue weighted by atomic mass is 10.1. The number of hydrogen-bond acceptors (Lipinski definition) is 4. The van der Waals surface area contributed by atoms with Crippen molar-refractivity contribution in [1.82, 2.24) is 4.98 Å². The van der Waals surface area contributed by atoms with Crippen LogP contribution >= 0.6 is 0 Å². The number of carboxylic acids is 1. The molecular weight excluding hydrogens is 252 g/mol. The summed E-state index contributed by atoms with van der Waals surface area (Å²) in [5, 5.41) is 11.4. The zero-order chi connectivity index (χ0) is 14.0. The highest BCUT2D eigenvalue weighted by Crippen LogP contribution is 2.17. The molecule has 0 aliphatic carbocycles. The van der Waals surface area contributed by atoms with Crippen LogP contribution < -0.4 is 11.1 Å². The number of carbonyl (C=O) groups is 2. The molecule has 0 fully saturated rings. The van der Waals surface area contributed by atoms with Crippen LogP contribution in [-0.4, -0.2) is 22.0 Å². The van der Waals surface area contributed by atoms with Crippen molar-refractivity contribution < 1.29 is 19.1 Å². The summed E-state index contributed by atoms with van der Waals surface area (Å²) in [5.41, 5.74) is 1.18. The minimum absolute atomic E-state index is 0.197. The van der Waals surface area contributed by atoms with E-state index in [9.17, 15) is 14.4 Å². The number of benzene rings is 1. The number of oxazole rings is 1. The molecule has 0 saturated carbocycles. The van der Waals surface area contributed by atoms with Gasteiger partial charge < -0.3 is 14.8 Å². The third-order valence-electron chi connectivity index (χ3n) is 2.71. The van der Waals surface area contributed by atoms with Gasteiger partial charge in [0.15, 0.2) is 5.58 Å². The van der Waals surface area contributed by atoms with Gasteiger partial charge in [-0.25, -0.2) is 4.79 Å². The van der Waals surface area contributed by atoms with Gasteiger partial charge in [0.05, 0.1) is 5.52 Å². The molecular formula is C12H12N2O5. The van der Waals surface area contributed by atoms with Crippen LogP contribution in [-0.2, 0) is 9.59 Å². The van der Waals surface area contributed by atoms with E-state index < -0.39 is 23.6 Å². The molecule has 2 aromatic rings. The maximum atomic E-state index is 11.7. The van der Waals surface area contributed by atoms with E-state index in [0.29, 0.717) is 16.8 Å². The predicted octanol–water partition coefficient (Wildman–Crippen LogP) is 1.17. The number of aliphatic carboxylic acids is 1. The lowest BCUT2D eigenvalue weighted by Gasteiger charge is -2.10. The van der Waals surface area contributed by atoms with E-state index in [-0.39, 0.29) is 6.42 Å². The van der Waals surface area contributed by atoms with Crippen LogP contribution in [0.25, 0.3) is 11.1 Å². The molecule has 0 bridgehead atoms. The predicted molar refractivity (Wildman–Crippen MR) is 66.9 cm³/mol. The van der Waals surface area contributed by atoms with Gasteiger partial charge in [0, 0.05) is 11.8 Å². The third-order valence-corrected chi connectivity index (χ3v) is 2.71. The second-order valence-corrected chi connectivity index (χ2v) is 4.01. The third kappa shape index (κ3) is 2.65. The molecule has 0 radical (unpaired) electrons. The summed E-state index contributed by atoms with van der Waals surface area (Å²) in [6, 6.07) is 4.58. The first kappa shape index (κ1) is 12.9. The molecule has 1 amide bonds. The Morgan fingerprint density at radius 2 is 2.21 bits per heavy atom. The summed E-state index contributed by atoms with van der Waals surface area (Å²) in [6.07, 6.45) is 0.197. The standard InChI is InChI=1S/C12H12N2O5/c1-2-7(11(16)17)10(15)13-6-3-4-8-9(5-6)19-12(18)14-8/h3-5,7H,2H2,1H3,(H,13,15)(H,14,18)(H,16,17). The molecule has 0 spiro atoms. The number of carboxylic acid groups (broad SMARTS) is 1. The number of hydrogen-bond donors (Lipinski definition) is 3. The summed E-state index contributed by atoms with van der Waals surface area (Å²) < 4.78 is 4.85. The van der Waals surface area contributed by atoms with Gasteiger partial charge in [0.25, 0.3) is 0 Å². The second kappa shape index (κ2) is 4.97. The highest BCUT2D eigenvalue weighted by molar-refractivity contribution is 6.04. The van der Waals surface area contributed by atoms with E-state index >= 15 is 0 Å². The Labute approximate surface area is 107 Å². The molecule has 3 N–H and O–H groups in total. The van der Waals surface area contributed by atoms with Gasteiger partial charge in [-0.05, 0) is 18.6 Å². The first-order valence-electron chi connectivity index (χ1n) is 5.67. The fourth-order valence-electron chi connectivity index (χ4n) is 1.72. The topological polar surface area (TPSA) is 112 Å². The van der Waals surface area contributed by atoms with Gasteiger partial charge in [-0.3, -0.25) is 14.6 Å². The van der Waals surface area contributed by atoms with Gasteiger partial charge in [0.2, 0.25) is 5.91 Å². The van der Waals surface area contributed by atoms with Crippen molar-refractivity contribution in [2.75, 3.05) is 5.32 Å². The van der Waals surface area contributed by atoms with Crippen molar-refractivity contribution in [1.29, 1.82) is 0 Å². The summed E-state index contributed by atoms with van der Waals surface area (Å²) in [6.45, 7) is 1.62. The van der Waals surface area contributed by atoms with E-state index in [0.717, 1.165) is 0 Å². The summed E-state index contributed by atoms with van der Waals surface area (Å²) in [5.74, 6) is -3.47. The highest BCUT2D eigenvalue weighted by Gasteiger charge is 2.24. The Morgan fingerprint density at radius 3 is 2.84 bits per heavy atom. The Bertz CT molecular complexity index is 685. The summed E-state index contributed by atoms with van der Waals surface area (Å²) in [4.78, 5) is 36.0. The van der Waals surface area contributed by atoms with Crippen LogP contribution in [0, 0.1) is 5.92 Å². The fraction of sp³-hybridized carbons (Fsp3) is 0.250. The van der Waals surface area contributed by atoms with E-state index in [2.05, 4.69) is 10.3 Å². The minimum atomic E-state index is -1.17. The molecule has 0 aliphatic rings. The number of anilines is 1. The van der Waals surface area contributed by atoms with Crippen molar-refractivity contribution >= 4 is 28.7 Å². The van der Waals surface area contributed by atoms with E-state index in [1.807, 2.05) is 0 Å².